The molecule has 3 N–H and O–H groups in total. The van der Waals surface area contributed by atoms with Crippen LogP contribution in [0, 0.1) is 0 Å². The summed E-state index contributed by atoms with van der Waals surface area (Å²) in [5, 5.41) is 3.14. The number of carbonyl (C=O) groups excluding carboxylic acids is 1. The van der Waals surface area contributed by atoms with Gasteiger partial charge in [-0.1, -0.05) is 36.4 Å². The minimum Gasteiger partial charge on any atom is -0.489 e. The van der Waals surface area contributed by atoms with E-state index in [4.69, 9.17) is 10.5 Å². The first-order chi connectivity index (χ1) is 11.7. The van der Waals surface area contributed by atoms with E-state index < -0.39 is 0 Å². The molecule has 0 radical (unpaired) electrons. The maximum Gasteiger partial charge on any atom is 0.251 e. The summed E-state index contributed by atoms with van der Waals surface area (Å²) in [5.74, 6) is 0.775. The third-order valence-electron chi connectivity index (χ3n) is 4.51. The summed E-state index contributed by atoms with van der Waals surface area (Å²) in [7, 11) is 0. The van der Waals surface area contributed by atoms with Crippen LogP contribution in [0.25, 0.3) is 0 Å². The monoisotopic (exact) mass is 324 g/mol. The minimum absolute atomic E-state index is 0.0252. The van der Waals surface area contributed by atoms with Gasteiger partial charge in [0.2, 0.25) is 0 Å². The van der Waals surface area contributed by atoms with Gasteiger partial charge in [-0.2, -0.15) is 0 Å². The highest BCUT2D eigenvalue weighted by Gasteiger charge is 2.21. The van der Waals surface area contributed by atoms with Crippen LogP contribution in [-0.4, -0.2) is 18.0 Å². The average molecular weight is 324 g/mol. The maximum atomic E-state index is 12.6. The number of nitrogens with two attached hydrogens (primary N) is 1. The Labute approximate surface area is 143 Å². The minimum atomic E-state index is -0.0252. The number of ether oxygens (including phenoxy) is 1. The van der Waals surface area contributed by atoms with E-state index in [1.54, 1.807) is 0 Å². The highest BCUT2D eigenvalue weighted by molar-refractivity contribution is 5.95. The van der Waals surface area contributed by atoms with Crippen LogP contribution in [0.1, 0.15) is 41.6 Å². The Kier molecular flexibility index (Phi) is 5.49. The Morgan fingerprint density at radius 2 is 1.67 bits per heavy atom. The van der Waals surface area contributed by atoms with Gasteiger partial charge in [0.05, 0.1) is 0 Å². The second-order valence-corrected chi connectivity index (χ2v) is 6.34. The first kappa shape index (κ1) is 16.5. The van der Waals surface area contributed by atoms with E-state index in [-0.39, 0.29) is 18.0 Å². The van der Waals surface area contributed by atoms with Crippen molar-refractivity contribution in [1.29, 1.82) is 0 Å². The van der Waals surface area contributed by atoms with Crippen LogP contribution in [0.15, 0.2) is 54.6 Å². The molecule has 1 fully saturated rings. The van der Waals surface area contributed by atoms with Gasteiger partial charge in [-0.15, -0.1) is 0 Å². The van der Waals surface area contributed by atoms with E-state index in [9.17, 15) is 4.79 Å². The molecule has 2 aromatic rings. The molecule has 2 aromatic carbocycles. The maximum absolute atomic E-state index is 12.6. The molecule has 0 heterocycles. The fourth-order valence-electron chi connectivity index (χ4n) is 3.07. The van der Waals surface area contributed by atoms with E-state index in [2.05, 4.69) is 5.32 Å². The number of hydrogen-bond acceptors (Lipinski definition) is 3. The van der Waals surface area contributed by atoms with Crippen LogP contribution in [0.3, 0.4) is 0 Å². The molecule has 0 aromatic heterocycles. The van der Waals surface area contributed by atoms with Crippen LogP contribution < -0.4 is 15.8 Å². The Hall–Kier alpha value is -2.33. The fraction of sp³-hybridized carbons (Fsp3) is 0.350. The van der Waals surface area contributed by atoms with Crippen molar-refractivity contribution in [1.82, 2.24) is 5.32 Å². The summed E-state index contributed by atoms with van der Waals surface area (Å²) >= 11 is 0. The van der Waals surface area contributed by atoms with Crippen LogP contribution in [0.2, 0.25) is 0 Å². The predicted molar refractivity (Wildman–Crippen MR) is 94.9 cm³/mol. The first-order valence-electron chi connectivity index (χ1n) is 8.54. The summed E-state index contributed by atoms with van der Waals surface area (Å²) in [6, 6.07) is 17.8. The fourth-order valence-corrected chi connectivity index (χ4v) is 3.07. The molecule has 0 saturated heterocycles. The molecule has 4 heteroatoms. The van der Waals surface area contributed by atoms with Gasteiger partial charge in [-0.05, 0) is 43.9 Å². The van der Waals surface area contributed by atoms with Crippen LogP contribution in [0.4, 0.5) is 0 Å². The standard InChI is InChI=1S/C20H24N2O2/c21-16-10-12-17(13-11-16)22-20(23)19-9-5-4-6-15(19)14-24-18-7-2-1-3-8-18/h1-9,16-17H,10-14,21H2,(H,22,23). The smallest absolute Gasteiger partial charge is 0.251 e. The van der Waals surface area contributed by atoms with E-state index >= 15 is 0 Å². The topological polar surface area (TPSA) is 64.3 Å². The Balaban J connectivity index is 1.63. The van der Waals surface area contributed by atoms with Crippen molar-refractivity contribution >= 4 is 5.91 Å². The number of nitrogens with one attached hydrogen (secondary N) is 1. The molecular formula is C20H24N2O2. The number of carbonyl (C=O) groups is 1. The first-order valence-corrected chi connectivity index (χ1v) is 8.54. The zero-order valence-electron chi connectivity index (χ0n) is 13.8. The van der Waals surface area contributed by atoms with E-state index in [0.29, 0.717) is 12.2 Å². The lowest BCUT2D eigenvalue weighted by Crippen LogP contribution is -2.40. The highest BCUT2D eigenvalue weighted by atomic mass is 16.5. The van der Waals surface area contributed by atoms with Gasteiger partial charge < -0.3 is 15.8 Å². The van der Waals surface area contributed by atoms with E-state index in [1.807, 2.05) is 54.6 Å². The molecule has 3 rings (SSSR count). The molecule has 0 atom stereocenters. The van der Waals surface area contributed by atoms with Crippen LogP contribution in [0.5, 0.6) is 5.75 Å². The summed E-state index contributed by atoms with van der Waals surface area (Å²) in [6.07, 6.45) is 3.86. The Morgan fingerprint density at radius 3 is 2.42 bits per heavy atom. The number of para-hydroxylation sites is 1. The summed E-state index contributed by atoms with van der Waals surface area (Å²) < 4.78 is 5.79. The van der Waals surface area contributed by atoms with Gasteiger partial charge in [-0.25, -0.2) is 0 Å². The summed E-state index contributed by atoms with van der Waals surface area (Å²) in [4.78, 5) is 12.6. The normalized spacial score (nSPS) is 20.4. The molecule has 1 aliphatic rings. The lowest BCUT2D eigenvalue weighted by Gasteiger charge is -2.27. The Bertz CT molecular complexity index is 664. The molecule has 0 bridgehead atoms. The third kappa shape index (κ3) is 4.36. The zero-order valence-corrected chi connectivity index (χ0v) is 13.8. The SMILES string of the molecule is NC1CCC(NC(=O)c2ccccc2COc2ccccc2)CC1. The lowest BCUT2D eigenvalue weighted by molar-refractivity contribution is 0.0923. The van der Waals surface area contributed by atoms with Gasteiger partial charge in [-0.3, -0.25) is 4.79 Å². The summed E-state index contributed by atoms with van der Waals surface area (Å²) in [6.45, 7) is 0.378. The average Bonchev–Trinajstić information content (AvgIpc) is 2.63. The van der Waals surface area contributed by atoms with Crippen molar-refractivity contribution in [3.05, 3.63) is 65.7 Å². The Morgan fingerprint density at radius 1 is 1.00 bits per heavy atom. The third-order valence-corrected chi connectivity index (χ3v) is 4.51. The molecule has 1 amide bonds. The largest absolute Gasteiger partial charge is 0.489 e. The van der Waals surface area contributed by atoms with Crippen molar-refractivity contribution < 1.29 is 9.53 Å². The van der Waals surface area contributed by atoms with Gasteiger partial charge in [0.15, 0.2) is 0 Å². The van der Waals surface area contributed by atoms with Gasteiger partial charge in [0.1, 0.15) is 12.4 Å². The van der Waals surface area contributed by atoms with Gasteiger partial charge >= 0.3 is 0 Å². The molecule has 24 heavy (non-hydrogen) atoms. The van der Waals surface area contributed by atoms with Crippen molar-refractivity contribution in [3.8, 4) is 5.75 Å². The molecular weight excluding hydrogens is 300 g/mol. The quantitative estimate of drug-likeness (QED) is 0.887. The van der Waals surface area contributed by atoms with Crippen LogP contribution >= 0.6 is 0 Å². The van der Waals surface area contributed by atoms with Crippen molar-refractivity contribution in [2.45, 2.75) is 44.4 Å². The number of rotatable bonds is 5. The van der Waals surface area contributed by atoms with E-state index in [1.165, 1.54) is 0 Å². The van der Waals surface area contributed by atoms with Crippen molar-refractivity contribution in [2.75, 3.05) is 0 Å². The van der Waals surface area contributed by atoms with Crippen molar-refractivity contribution in [3.63, 3.8) is 0 Å². The highest BCUT2D eigenvalue weighted by Crippen LogP contribution is 2.19. The predicted octanol–water partition coefficient (Wildman–Crippen LogP) is 3.27. The molecule has 0 aliphatic heterocycles. The molecule has 4 nitrogen and oxygen atoms in total. The summed E-state index contributed by atoms with van der Waals surface area (Å²) in [5.41, 5.74) is 7.51. The van der Waals surface area contributed by atoms with E-state index in [0.717, 1.165) is 37.0 Å². The van der Waals surface area contributed by atoms with Gasteiger partial charge in [0.25, 0.3) is 5.91 Å². The molecule has 0 unspecified atom stereocenters. The number of hydrogen-bond donors (Lipinski definition) is 2. The zero-order chi connectivity index (χ0) is 16.8. The number of amides is 1. The molecule has 126 valence electrons. The number of benzene rings is 2. The molecule has 0 spiro atoms. The van der Waals surface area contributed by atoms with Crippen molar-refractivity contribution in [2.24, 2.45) is 5.73 Å². The van der Waals surface area contributed by atoms with Gasteiger partial charge in [0, 0.05) is 23.2 Å². The lowest BCUT2D eigenvalue weighted by atomic mass is 9.91. The second kappa shape index (κ2) is 7.97. The molecule has 1 saturated carbocycles. The second-order valence-electron chi connectivity index (χ2n) is 6.34. The van der Waals surface area contributed by atoms with Crippen LogP contribution in [-0.2, 0) is 6.61 Å². The molecule has 1 aliphatic carbocycles.